The van der Waals surface area contributed by atoms with Gasteiger partial charge >= 0.3 is 0 Å². The maximum atomic E-state index is 13.8. The standard InChI is InChI=1S/C31H35ClF2N8O2S/c1-39-7-9-40(10-8-39)26-5-4-22(18-24(26)30(44)41-11-13-45-14-12-41)36-29(43)27-3-2-6-42(27)28-25(32)19-35-31(38-28)37-23-16-20(33)15-21(34)17-23/h4-5,15-19,27H,2-3,6-14H2,1H3,(H,36,43)(H,35,37,38)/t27-/m0/s1. The van der Waals surface area contributed by atoms with Crippen molar-refractivity contribution in [3.63, 3.8) is 0 Å². The molecule has 1 aromatic heterocycles. The van der Waals surface area contributed by atoms with Crippen molar-refractivity contribution in [1.29, 1.82) is 0 Å². The second kappa shape index (κ2) is 13.8. The van der Waals surface area contributed by atoms with Gasteiger partial charge in [-0.3, -0.25) is 9.59 Å². The van der Waals surface area contributed by atoms with E-state index >= 15 is 0 Å². The van der Waals surface area contributed by atoms with Gasteiger partial charge in [0.2, 0.25) is 11.9 Å². The number of halogens is 3. The van der Waals surface area contributed by atoms with Crippen molar-refractivity contribution in [1.82, 2.24) is 19.8 Å². The molecule has 3 saturated heterocycles. The third kappa shape index (κ3) is 7.26. The molecular formula is C31H35ClF2N8O2S. The van der Waals surface area contributed by atoms with E-state index in [-0.39, 0.29) is 28.5 Å². The van der Waals surface area contributed by atoms with E-state index in [1.165, 1.54) is 6.20 Å². The van der Waals surface area contributed by atoms with Crippen LogP contribution in [-0.4, -0.2) is 102 Å². The van der Waals surface area contributed by atoms with E-state index in [0.29, 0.717) is 43.1 Å². The summed E-state index contributed by atoms with van der Waals surface area (Å²) in [5.74, 6) is 0.505. The first-order valence-corrected chi connectivity index (χ1v) is 16.6. The van der Waals surface area contributed by atoms with Gasteiger partial charge in [-0.2, -0.15) is 16.7 Å². The molecule has 3 aromatic rings. The highest BCUT2D eigenvalue weighted by Gasteiger charge is 2.34. The van der Waals surface area contributed by atoms with Gasteiger partial charge in [-0.15, -0.1) is 0 Å². The first-order valence-electron chi connectivity index (χ1n) is 15.0. The Balaban J connectivity index is 1.22. The molecule has 6 rings (SSSR count). The summed E-state index contributed by atoms with van der Waals surface area (Å²) in [4.78, 5) is 44.4. The molecule has 45 heavy (non-hydrogen) atoms. The van der Waals surface area contributed by atoms with Crippen LogP contribution in [0.25, 0.3) is 0 Å². The van der Waals surface area contributed by atoms with E-state index < -0.39 is 17.7 Å². The summed E-state index contributed by atoms with van der Waals surface area (Å²) in [6.45, 7) is 5.38. The zero-order valence-electron chi connectivity index (χ0n) is 24.9. The molecule has 1 atom stereocenters. The number of likely N-dealkylation sites (N-methyl/N-ethyl adjacent to an activating group) is 1. The van der Waals surface area contributed by atoms with E-state index in [1.54, 1.807) is 6.07 Å². The summed E-state index contributed by atoms with van der Waals surface area (Å²) in [5, 5.41) is 6.09. The molecule has 2 amide bonds. The van der Waals surface area contributed by atoms with Crippen LogP contribution >= 0.6 is 23.4 Å². The number of anilines is 5. The fourth-order valence-electron chi connectivity index (χ4n) is 5.94. The van der Waals surface area contributed by atoms with Crippen molar-refractivity contribution in [2.24, 2.45) is 0 Å². The van der Waals surface area contributed by atoms with E-state index in [2.05, 4.69) is 37.4 Å². The van der Waals surface area contributed by atoms with E-state index in [4.69, 9.17) is 11.6 Å². The van der Waals surface area contributed by atoms with Crippen molar-refractivity contribution in [2.45, 2.75) is 18.9 Å². The largest absolute Gasteiger partial charge is 0.368 e. The topological polar surface area (TPSA) is 96.9 Å². The third-order valence-electron chi connectivity index (χ3n) is 8.31. The lowest BCUT2D eigenvalue weighted by Gasteiger charge is -2.36. The van der Waals surface area contributed by atoms with Crippen LogP contribution in [0.5, 0.6) is 0 Å². The SMILES string of the molecule is CN1CCN(c2ccc(NC(=O)[C@@H]3CCCN3c3nc(Nc4cc(F)cc(F)c4)ncc3Cl)cc2C(=O)N2CCSCC2)CC1. The van der Waals surface area contributed by atoms with Crippen molar-refractivity contribution in [2.75, 3.05) is 84.8 Å². The van der Waals surface area contributed by atoms with Crippen molar-refractivity contribution in [3.05, 3.63) is 64.8 Å². The molecule has 3 aliphatic heterocycles. The highest BCUT2D eigenvalue weighted by Crippen LogP contribution is 2.33. The Morgan fingerprint density at radius 3 is 2.42 bits per heavy atom. The minimum absolute atomic E-state index is 0.0196. The average molecular weight is 657 g/mol. The number of hydrogen-bond acceptors (Lipinski definition) is 9. The first kappa shape index (κ1) is 31.3. The van der Waals surface area contributed by atoms with E-state index in [9.17, 15) is 18.4 Å². The van der Waals surface area contributed by atoms with Gasteiger partial charge in [-0.05, 0) is 50.2 Å². The van der Waals surface area contributed by atoms with Gasteiger partial charge in [0.25, 0.3) is 5.91 Å². The average Bonchev–Trinajstić information content (AvgIpc) is 3.52. The summed E-state index contributed by atoms with van der Waals surface area (Å²) in [7, 11) is 2.09. The number of piperazine rings is 1. The van der Waals surface area contributed by atoms with E-state index in [1.807, 2.05) is 33.7 Å². The Bertz CT molecular complexity index is 1550. The monoisotopic (exact) mass is 656 g/mol. The smallest absolute Gasteiger partial charge is 0.256 e. The van der Waals surface area contributed by atoms with Crippen LogP contribution in [0.15, 0.2) is 42.6 Å². The number of thioether (sulfide) groups is 1. The van der Waals surface area contributed by atoms with Crippen LogP contribution in [0.2, 0.25) is 5.02 Å². The molecule has 4 heterocycles. The predicted octanol–water partition coefficient (Wildman–Crippen LogP) is 4.70. The quantitative estimate of drug-likeness (QED) is 0.375. The lowest BCUT2D eigenvalue weighted by Crippen LogP contribution is -2.45. The normalized spacial score (nSPS) is 19.1. The Kier molecular flexibility index (Phi) is 9.57. The van der Waals surface area contributed by atoms with Crippen LogP contribution < -0.4 is 20.4 Å². The lowest BCUT2D eigenvalue weighted by atomic mass is 10.1. The van der Waals surface area contributed by atoms with Crippen LogP contribution in [0.4, 0.5) is 37.6 Å². The predicted molar refractivity (Wildman–Crippen MR) is 175 cm³/mol. The number of carbonyl (C=O) groups is 2. The summed E-state index contributed by atoms with van der Waals surface area (Å²) in [6, 6.07) is 8.05. The number of nitrogens with zero attached hydrogens (tertiary/aromatic N) is 6. The zero-order valence-corrected chi connectivity index (χ0v) is 26.5. The van der Waals surface area contributed by atoms with Gasteiger partial charge in [0.15, 0.2) is 5.82 Å². The summed E-state index contributed by atoms with van der Waals surface area (Å²) in [5.41, 5.74) is 2.17. The molecule has 0 aliphatic carbocycles. The fraction of sp³-hybridized carbons (Fsp3) is 0.419. The fourth-order valence-corrected chi connectivity index (χ4v) is 7.04. The Hall–Kier alpha value is -3.68. The molecule has 0 radical (unpaired) electrons. The van der Waals surface area contributed by atoms with Gasteiger partial charge in [-0.1, -0.05) is 11.6 Å². The molecule has 3 aliphatic rings. The summed E-state index contributed by atoms with van der Waals surface area (Å²) >= 11 is 8.34. The minimum Gasteiger partial charge on any atom is -0.368 e. The number of aromatic nitrogens is 2. The highest BCUT2D eigenvalue weighted by atomic mass is 35.5. The number of carbonyl (C=O) groups excluding carboxylic acids is 2. The highest BCUT2D eigenvalue weighted by molar-refractivity contribution is 7.99. The second-order valence-electron chi connectivity index (χ2n) is 11.4. The number of nitrogens with one attached hydrogen (secondary N) is 2. The molecule has 0 bridgehead atoms. The maximum Gasteiger partial charge on any atom is 0.256 e. The molecule has 2 aromatic carbocycles. The Morgan fingerprint density at radius 2 is 1.69 bits per heavy atom. The summed E-state index contributed by atoms with van der Waals surface area (Å²) < 4.78 is 27.4. The first-order chi connectivity index (χ1) is 21.7. The van der Waals surface area contributed by atoms with Gasteiger partial charge in [0.05, 0.1) is 11.8 Å². The minimum atomic E-state index is -0.737. The molecule has 2 N–H and O–H groups in total. The van der Waals surface area contributed by atoms with Crippen LogP contribution in [0.1, 0.15) is 23.2 Å². The van der Waals surface area contributed by atoms with E-state index in [0.717, 1.165) is 68.0 Å². The van der Waals surface area contributed by atoms with Crippen LogP contribution in [-0.2, 0) is 4.79 Å². The molecule has 0 saturated carbocycles. The van der Waals surface area contributed by atoms with Crippen molar-refractivity contribution in [3.8, 4) is 0 Å². The third-order valence-corrected chi connectivity index (χ3v) is 9.52. The van der Waals surface area contributed by atoms with Gasteiger partial charge < -0.3 is 30.2 Å². The van der Waals surface area contributed by atoms with Gasteiger partial charge in [-0.25, -0.2) is 13.8 Å². The second-order valence-corrected chi connectivity index (χ2v) is 13.0. The lowest BCUT2D eigenvalue weighted by molar-refractivity contribution is -0.117. The van der Waals surface area contributed by atoms with Crippen LogP contribution in [0.3, 0.4) is 0 Å². The zero-order chi connectivity index (χ0) is 31.5. The van der Waals surface area contributed by atoms with Crippen molar-refractivity contribution < 1.29 is 18.4 Å². The molecule has 3 fully saturated rings. The van der Waals surface area contributed by atoms with Gasteiger partial charge in [0.1, 0.15) is 22.7 Å². The van der Waals surface area contributed by atoms with Crippen LogP contribution in [0, 0.1) is 11.6 Å². The summed E-state index contributed by atoms with van der Waals surface area (Å²) in [6.07, 6.45) is 2.69. The number of rotatable bonds is 7. The molecule has 0 unspecified atom stereocenters. The number of amides is 2. The number of benzene rings is 2. The molecule has 0 spiro atoms. The maximum absolute atomic E-state index is 13.8. The Labute approximate surface area is 270 Å². The van der Waals surface area contributed by atoms with Crippen molar-refractivity contribution >= 4 is 64.0 Å². The molecule has 14 heteroatoms. The molecular weight excluding hydrogens is 622 g/mol. The van der Waals surface area contributed by atoms with Gasteiger partial charge in [0, 0.05) is 80.4 Å². The number of hydrogen-bond donors (Lipinski definition) is 2. The molecule has 10 nitrogen and oxygen atoms in total. The molecule has 238 valence electrons. The Morgan fingerprint density at radius 1 is 0.956 bits per heavy atom.